The molecule has 2 unspecified atom stereocenters. The van der Waals surface area contributed by atoms with Crippen LogP contribution in [0.5, 0.6) is 0 Å². The minimum absolute atomic E-state index is 0.432. The Labute approximate surface area is 119 Å². The van der Waals surface area contributed by atoms with Gasteiger partial charge in [0.05, 0.1) is 6.10 Å². The van der Waals surface area contributed by atoms with Crippen LogP contribution in [-0.2, 0) is 17.6 Å². The SMILES string of the molecule is CCc1ccc(CC)c(C(Br)CC2CCCO2)c1. The van der Waals surface area contributed by atoms with Crippen molar-refractivity contribution in [2.75, 3.05) is 6.61 Å². The summed E-state index contributed by atoms with van der Waals surface area (Å²) >= 11 is 3.87. The fraction of sp³-hybridized carbons (Fsp3) is 0.625. The van der Waals surface area contributed by atoms with Crippen molar-refractivity contribution in [2.24, 2.45) is 0 Å². The zero-order valence-electron chi connectivity index (χ0n) is 11.4. The second-order valence-corrected chi connectivity index (χ2v) is 6.18. The van der Waals surface area contributed by atoms with Crippen LogP contribution in [0.25, 0.3) is 0 Å². The van der Waals surface area contributed by atoms with Crippen molar-refractivity contribution in [3.63, 3.8) is 0 Å². The van der Waals surface area contributed by atoms with Crippen molar-refractivity contribution >= 4 is 15.9 Å². The van der Waals surface area contributed by atoms with Crippen LogP contribution in [0.4, 0.5) is 0 Å². The van der Waals surface area contributed by atoms with Crippen molar-refractivity contribution in [2.45, 2.75) is 56.9 Å². The monoisotopic (exact) mass is 310 g/mol. The quantitative estimate of drug-likeness (QED) is 0.709. The lowest BCUT2D eigenvalue weighted by atomic mass is 9.95. The van der Waals surface area contributed by atoms with E-state index in [4.69, 9.17) is 4.74 Å². The summed E-state index contributed by atoms with van der Waals surface area (Å²) in [4.78, 5) is 0.432. The van der Waals surface area contributed by atoms with Gasteiger partial charge in [-0.2, -0.15) is 0 Å². The van der Waals surface area contributed by atoms with E-state index in [1.165, 1.54) is 29.5 Å². The van der Waals surface area contributed by atoms with Crippen LogP contribution in [0.2, 0.25) is 0 Å². The Morgan fingerprint density at radius 2 is 2.17 bits per heavy atom. The van der Waals surface area contributed by atoms with E-state index >= 15 is 0 Å². The van der Waals surface area contributed by atoms with Crippen LogP contribution in [-0.4, -0.2) is 12.7 Å². The van der Waals surface area contributed by atoms with Gasteiger partial charge in [-0.1, -0.05) is 48.0 Å². The summed E-state index contributed by atoms with van der Waals surface area (Å²) in [5, 5.41) is 0. The Balaban J connectivity index is 2.13. The summed E-state index contributed by atoms with van der Waals surface area (Å²) in [6.45, 7) is 5.39. The number of alkyl halides is 1. The van der Waals surface area contributed by atoms with Gasteiger partial charge in [0.2, 0.25) is 0 Å². The molecular weight excluding hydrogens is 288 g/mol. The molecule has 2 atom stereocenters. The highest BCUT2D eigenvalue weighted by Gasteiger charge is 2.21. The van der Waals surface area contributed by atoms with Gasteiger partial charge in [0.1, 0.15) is 0 Å². The normalized spacial score (nSPS) is 21.2. The first kappa shape index (κ1) is 14.1. The first-order valence-electron chi connectivity index (χ1n) is 7.12. The molecule has 1 nitrogen and oxygen atoms in total. The van der Waals surface area contributed by atoms with Gasteiger partial charge in [-0.05, 0) is 48.8 Å². The third kappa shape index (κ3) is 3.36. The highest BCUT2D eigenvalue weighted by molar-refractivity contribution is 9.09. The summed E-state index contributed by atoms with van der Waals surface area (Å²) in [5.74, 6) is 0. The van der Waals surface area contributed by atoms with E-state index in [0.717, 1.165) is 25.9 Å². The number of aryl methyl sites for hydroxylation is 2. The van der Waals surface area contributed by atoms with Gasteiger partial charge in [0, 0.05) is 11.4 Å². The zero-order chi connectivity index (χ0) is 13.0. The second kappa shape index (κ2) is 6.72. The predicted octanol–water partition coefficient (Wildman–Crippen LogP) is 4.82. The molecule has 1 heterocycles. The molecule has 0 spiro atoms. The Morgan fingerprint density at radius 3 is 2.78 bits per heavy atom. The van der Waals surface area contributed by atoms with E-state index in [2.05, 4.69) is 48.0 Å². The molecule has 18 heavy (non-hydrogen) atoms. The molecule has 0 aliphatic carbocycles. The van der Waals surface area contributed by atoms with E-state index in [9.17, 15) is 0 Å². The standard InChI is InChI=1S/C16H23BrO/c1-3-12-7-8-13(4-2)15(10-12)16(17)11-14-6-5-9-18-14/h7-8,10,14,16H,3-6,9,11H2,1-2H3. The van der Waals surface area contributed by atoms with Gasteiger partial charge in [0.15, 0.2) is 0 Å². The molecule has 1 aromatic rings. The van der Waals surface area contributed by atoms with Gasteiger partial charge >= 0.3 is 0 Å². The van der Waals surface area contributed by atoms with Gasteiger partial charge in [-0.25, -0.2) is 0 Å². The van der Waals surface area contributed by atoms with Gasteiger partial charge in [0.25, 0.3) is 0 Å². The van der Waals surface area contributed by atoms with Crippen molar-refractivity contribution in [3.8, 4) is 0 Å². The van der Waals surface area contributed by atoms with Crippen molar-refractivity contribution in [1.82, 2.24) is 0 Å². The third-order valence-electron chi connectivity index (χ3n) is 3.83. The highest BCUT2D eigenvalue weighted by atomic mass is 79.9. The Kier molecular flexibility index (Phi) is 5.25. The molecule has 2 heteroatoms. The lowest BCUT2D eigenvalue weighted by molar-refractivity contribution is 0.104. The van der Waals surface area contributed by atoms with Crippen molar-refractivity contribution in [1.29, 1.82) is 0 Å². The lowest BCUT2D eigenvalue weighted by Gasteiger charge is -2.19. The van der Waals surface area contributed by atoms with E-state index in [-0.39, 0.29) is 0 Å². The van der Waals surface area contributed by atoms with Crippen LogP contribution in [0.1, 0.15) is 54.6 Å². The number of halogens is 1. The van der Waals surface area contributed by atoms with Gasteiger partial charge < -0.3 is 4.74 Å². The molecule has 0 amide bonds. The molecule has 1 aliphatic heterocycles. The van der Waals surface area contributed by atoms with E-state index in [1.807, 2.05) is 0 Å². The van der Waals surface area contributed by atoms with Gasteiger partial charge in [-0.3, -0.25) is 0 Å². The molecule has 0 bridgehead atoms. The zero-order valence-corrected chi connectivity index (χ0v) is 13.0. The van der Waals surface area contributed by atoms with Crippen LogP contribution in [0, 0.1) is 0 Å². The van der Waals surface area contributed by atoms with Crippen LogP contribution in [0.3, 0.4) is 0 Å². The highest BCUT2D eigenvalue weighted by Crippen LogP contribution is 2.34. The summed E-state index contributed by atoms with van der Waals surface area (Å²) in [5.41, 5.74) is 4.36. The number of hydrogen-bond acceptors (Lipinski definition) is 1. The summed E-state index contributed by atoms with van der Waals surface area (Å²) < 4.78 is 5.75. The lowest BCUT2D eigenvalue weighted by Crippen LogP contribution is -2.09. The van der Waals surface area contributed by atoms with Gasteiger partial charge in [-0.15, -0.1) is 0 Å². The van der Waals surface area contributed by atoms with E-state index < -0.39 is 0 Å². The fourth-order valence-corrected chi connectivity index (χ4v) is 3.51. The van der Waals surface area contributed by atoms with E-state index in [0.29, 0.717) is 10.9 Å². The average Bonchev–Trinajstić information content (AvgIpc) is 2.90. The maximum absolute atomic E-state index is 5.75. The van der Waals surface area contributed by atoms with Crippen molar-refractivity contribution < 1.29 is 4.74 Å². The molecule has 0 aromatic heterocycles. The molecule has 0 radical (unpaired) electrons. The van der Waals surface area contributed by atoms with Crippen LogP contribution >= 0.6 is 15.9 Å². The minimum Gasteiger partial charge on any atom is -0.378 e. The summed E-state index contributed by atoms with van der Waals surface area (Å²) in [6.07, 6.45) is 6.20. The molecule has 2 rings (SSSR count). The molecule has 1 aliphatic rings. The predicted molar refractivity (Wildman–Crippen MR) is 80.5 cm³/mol. The molecule has 100 valence electrons. The first-order chi connectivity index (χ1) is 8.74. The smallest absolute Gasteiger partial charge is 0.0589 e. The third-order valence-corrected chi connectivity index (χ3v) is 4.70. The second-order valence-electron chi connectivity index (χ2n) is 5.08. The van der Waals surface area contributed by atoms with Crippen molar-refractivity contribution in [3.05, 3.63) is 34.9 Å². The number of rotatable bonds is 5. The molecule has 0 N–H and O–H groups in total. The maximum Gasteiger partial charge on any atom is 0.0589 e. The molecule has 0 saturated carbocycles. The molecule has 1 fully saturated rings. The van der Waals surface area contributed by atoms with Crippen LogP contribution < -0.4 is 0 Å². The topological polar surface area (TPSA) is 9.23 Å². The van der Waals surface area contributed by atoms with Crippen LogP contribution in [0.15, 0.2) is 18.2 Å². The summed E-state index contributed by atoms with van der Waals surface area (Å²) in [6, 6.07) is 6.92. The Hall–Kier alpha value is -0.340. The Morgan fingerprint density at radius 1 is 1.33 bits per heavy atom. The fourth-order valence-electron chi connectivity index (χ4n) is 2.67. The average molecular weight is 311 g/mol. The summed E-state index contributed by atoms with van der Waals surface area (Å²) in [7, 11) is 0. The first-order valence-corrected chi connectivity index (χ1v) is 8.03. The largest absolute Gasteiger partial charge is 0.378 e. The number of hydrogen-bond donors (Lipinski definition) is 0. The number of benzene rings is 1. The Bertz CT molecular complexity index is 383. The number of ether oxygens (including phenoxy) is 1. The maximum atomic E-state index is 5.75. The molecule has 1 aromatic carbocycles. The van der Waals surface area contributed by atoms with E-state index in [1.54, 1.807) is 0 Å². The minimum atomic E-state index is 0.432. The molecular formula is C16H23BrO. The molecule has 1 saturated heterocycles.